The van der Waals surface area contributed by atoms with Crippen LogP contribution in [0.3, 0.4) is 0 Å². The van der Waals surface area contributed by atoms with E-state index in [4.69, 9.17) is 5.73 Å². The maximum Gasteiger partial charge on any atom is 0.355 e. The standard InChI is InChI=1S/C30H32FN7O4S/c1-6-25(39)36-12-13-37(18(4)16-36)28-20-14-22(31)26(21-15-33-11-10-23(21)32)34-29(20)38(30(40)35-28)27-19(17(2)3)8-7-9-24(27)43(5,41)42/h6-11,14-15,17-18H,1,12-13,16H2,2-5H3,(H2,32,33)/t18-/m0/s1. The maximum absolute atomic E-state index is 15.9. The van der Waals surface area contributed by atoms with E-state index in [0.29, 0.717) is 25.2 Å². The molecule has 0 bridgehead atoms. The van der Waals surface area contributed by atoms with Gasteiger partial charge in [-0.3, -0.25) is 9.78 Å². The van der Waals surface area contributed by atoms with Crippen molar-refractivity contribution in [3.05, 3.63) is 77.2 Å². The van der Waals surface area contributed by atoms with E-state index in [-0.39, 0.29) is 62.2 Å². The van der Waals surface area contributed by atoms with Crippen LogP contribution < -0.4 is 16.3 Å². The van der Waals surface area contributed by atoms with Gasteiger partial charge in [-0.05, 0) is 42.7 Å². The number of nitrogens with two attached hydrogens (primary N) is 1. The number of amides is 1. The molecule has 224 valence electrons. The molecule has 1 aliphatic rings. The lowest BCUT2D eigenvalue weighted by Gasteiger charge is -2.40. The highest BCUT2D eigenvalue weighted by atomic mass is 32.2. The van der Waals surface area contributed by atoms with Crippen molar-refractivity contribution >= 4 is 38.3 Å². The highest BCUT2D eigenvalue weighted by molar-refractivity contribution is 7.90. The molecule has 3 aromatic heterocycles. The van der Waals surface area contributed by atoms with E-state index in [1.54, 1.807) is 17.0 Å². The number of hydrogen-bond donors (Lipinski definition) is 1. The Bertz CT molecular complexity index is 1940. The molecule has 1 aromatic carbocycles. The van der Waals surface area contributed by atoms with Crippen molar-refractivity contribution in [1.29, 1.82) is 0 Å². The third-order valence-electron chi connectivity index (χ3n) is 7.57. The summed E-state index contributed by atoms with van der Waals surface area (Å²) in [4.78, 5) is 42.8. The first-order valence-corrected chi connectivity index (χ1v) is 15.6. The number of carbonyl (C=O) groups excluding carboxylic acids is 1. The largest absolute Gasteiger partial charge is 0.398 e. The number of sulfone groups is 1. The van der Waals surface area contributed by atoms with Gasteiger partial charge in [0.15, 0.2) is 21.3 Å². The number of fused-ring (bicyclic) bond motifs is 1. The molecule has 0 aliphatic carbocycles. The average molecular weight is 606 g/mol. The number of carbonyl (C=O) groups is 1. The molecule has 13 heteroatoms. The van der Waals surface area contributed by atoms with Crippen LogP contribution in [-0.2, 0) is 14.6 Å². The summed E-state index contributed by atoms with van der Waals surface area (Å²) in [7, 11) is -3.83. The topological polar surface area (TPSA) is 144 Å². The van der Waals surface area contributed by atoms with E-state index < -0.39 is 21.3 Å². The zero-order chi connectivity index (χ0) is 31.2. The fourth-order valence-electron chi connectivity index (χ4n) is 5.46. The summed E-state index contributed by atoms with van der Waals surface area (Å²) in [5, 5.41) is 0.191. The molecule has 0 radical (unpaired) electrons. The van der Waals surface area contributed by atoms with Gasteiger partial charge in [0.05, 0.1) is 16.0 Å². The highest BCUT2D eigenvalue weighted by Crippen LogP contribution is 2.35. The monoisotopic (exact) mass is 605 g/mol. The number of pyridine rings is 2. The predicted octanol–water partition coefficient (Wildman–Crippen LogP) is 3.31. The first-order valence-electron chi connectivity index (χ1n) is 13.7. The summed E-state index contributed by atoms with van der Waals surface area (Å²) in [5.74, 6) is -0.962. The number of halogens is 1. The van der Waals surface area contributed by atoms with Crippen LogP contribution in [0.5, 0.6) is 0 Å². The minimum atomic E-state index is -3.83. The maximum atomic E-state index is 15.9. The Hall–Kier alpha value is -4.65. The molecular weight excluding hydrogens is 573 g/mol. The fourth-order valence-corrected chi connectivity index (χ4v) is 6.35. The molecule has 4 aromatic rings. The molecule has 4 heterocycles. The van der Waals surface area contributed by atoms with Gasteiger partial charge >= 0.3 is 5.69 Å². The second kappa shape index (κ2) is 11.2. The molecule has 1 fully saturated rings. The van der Waals surface area contributed by atoms with E-state index in [2.05, 4.69) is 21.5 Å². The second-order valence-corrected chi connectivity index (χ2v) is 12.8. The Morgan fingerprint density at radius 2 is 1.95 bits per heavy atom. The first-order chi connectivity index (χ1) is 20.3. The number of hydrogen-bond acceptors (Lipinski definition) is 9. The summed E-state index contributed by atoms with van der Waals surface area (Å²) >= 11 is 0. The third-order valence-corrected chi connectivity index (χ3v) is 8.70. The lowest BCUT2D eigenvalue weighted by atomic mass is 10.0. The van der Waals surface area contributed by atoms with Crippen LogP contribution in [0, 0.1) is 5.82 Å². The lowest BCUT2D eigenvalue weighted by Crippen LogP contribution is -2.54. The number of nitrogen functional groups attached to an aromatic ring is 1. The Balaban J connectivity index is 1.88. The Morgan fingerprint density at radius 3 is 2.58 bits per heavy atom. The van der Waals surface area contributed by atoms with Gasteiger partial charge in [-0.25, -0.2) is 27.2 Å². The second-order valence-electron chi connectivity index (χ2n) is 10.9. The van der Waals surface area contributed by atoms with Crippen molar-refractivity contribution < 1.29 is 17.6 Å². The number of aromatic nitrogens is 4. The molecule has 1 amide bonds. The van der Waals surface area contributed by atoms with Gasteiger partial charge in [0.2, 0.25) is 5.91 Å². The van der Waals surface area contributed by atoms with Crippen LogP contribution in [0.4, 0.5) is 15.9 Å². The molecule has 0 saturated carbocycles. The van der Waals surface area contributed by atoms with Gasteiger partial charge in [-0.15, -0.1) is 0 Å². The van der Waals surface area contributed by atoms with E-state index in [1.165, 1.54) is 36.7 Å². The first kappa shape index (κ1) is 29.8. The molecule has 0 spiro atoms. The van der Waals surface area contributed by atoms with Crippen LogP contribution in [-0.4, -0.2) is 70.7 Å². The molecule has 0 unspecified atom stereocenters. The molecular formula is C30H32FN7O4S. The van der Waals surface area contributed by atoms with Crippen molar-refractivity contribution in [3.8, 4) is 16.9 Å². The summed E-state index contributed by atoms with van der Waals surface area (Å²) in [6.07, 6.45) is 5.14. The Kier molecular flexibility index (Phi) is 7.78. The predicted molar refractivity (Wildman–Crippen MR) is 164 cm³/mol. The molecule has 5 rings (SSSR count). The van der Waals surface area contributed by atoms with Crippen molar-refractivity contribution in [2.24, 2.45) is 0 Å². The molecule has 2 N–H and O–H groups in total. The number of benzene rings is 1. The zero-order valence-electron chi connectivity index (χ0n) is 24.3. The number of piperazine rings is 1. The van der Waals surface area contributed by atoms with Crippen molar-refractivity contribution in [1.82, 2.24) is 24.4 Å². The van der Waals surface area contributed by atoms with Crippen LogP contribution in [0.2, 0.25) is 0 Å². The third kappa shape index (κ3) is 5.36. The molecule has 1 atom stereocenters. The summed E-state index contributed by atoms with van der Waals surface area (Å²) in [6, 6.07) is 7.22. The van der Waals surface area contributed by atoms with Crippen molar-refractivity contribution in [2.75, 3.05) is 36.5 Å². The smallest absolute Gasteiger partial charge is 0.355 e. The molecule has 1 aliphatic heterocycles. The number of anilines is 2. The molecule has 1 saturated heterocycles. The Morgan fingerprint density at radius 1 is 1.21 bits per heavy atom. The Labute approximate surface area is 248 Å². The van der Waals surface area contributed by atoms with Gasteiger partial charge < -0.3 is 15.5 Å². The van der Waals surface area contributed by atoms with Crippen molar-refractivity contribution in [2.45, 2.75) is 37.6 Å². The summed E-state index contributed by atoms with van der Waals surface area (Å²) < 4.78 is 43.1. The summed E-state index contributed by atoms with van der Waals surface area (Å²) in [5.41, 5.74) is 6.32. The van der Waals surface area contributed by atoms with Crippen LogP contribution >= 0.6 is 0 Å². The average Bonchev–Trinajstić information content (AvgIpc) is 2.96. The SMILES string of the molecule is C=CC(=O)N1CCN(c2nc(=O)n(-c3c(C(C)C)cccc3S(C)(=O)=O)c3nc(-c4cnccc4N)c(F)cc23)[C@@H](C)C1. The van der Waals surface area contributed by atoms with E-state index in [9.17, 15) is 18.0 Å². The highest BCUT2D eigenvalue weighted by Gasteiger charge is 2.31. The molecule has 43 heavy (non-hydrogen) atoms. The zero-order valence-corrected chi connectivity index (χ0v) is 25.1. The van der Waals surface area contributed by atoms with E-state index in [0.717, 1.165) is 10.8 Å². The van der Waals surface area contributed by atoms with E-state index >= 15 is 4.39 Å². The quantitative estimate of drug-likeness (QED) is 0.327. The van der Waals surface area contributed by atoms with Crippen molar-refractivity contribution in [3.63, 3.8) is 0 Å². The number of para-hydroxylation sites is 1. The lowest BCUT2D eigenvalue weighted by molar-refractivity contribution is -0.126. The fraction of sp³-hybridized carbons (Fsp3) is 0.300. The summed E-state index contributed by atoms with van der Waals surface area (Å²) in [6.45, 7) is 10.1. The van der Waals surface area contributed by atoms with Gasteiger partial charge in [0.1, 0.15) is 11.5 Å². The van der Waals surface area contributed by atoms with Crippen LogP contribution in [0.1, 0.15) is 32.3 Å². The minimum Gasteiger partial charge on any atom is -0.398 e. The van der Waals surface area contributed by atoms with Crippen LogP contribution in [0.25, 0.3) is 28.0 Å². The van der Waals surface area contributed by atoms with Crippen LogP contribution in [0.15, 0.2) is 65.1 Å². The van der Waals surface area contributed by atoms with Gasteiger partial charge in [-0.1, -0.05) is 32.6 Å². The minimum absolute atomic E-state index is 0.00412. The van der Waals surface area contributed by atoms with E-state index in [1.807, 2.05) is 25.7 Å². The van der Waals surface area contributed by atoms with Gasteiger partial charge in [0, 0.05) is 55.6 Å². The van der Waals surface area contributed by atoms with Gasteiger partial charge in [0.25, 0.3) is 0 Å². The number of rotatable bonds is 6. The molecule has 11 nitrogen and oxygen atoms in total. The number of nitrogens with zero attached hydrogens (tertiary/aromatic N) is 6. The van der Waals surface area contributed by atoms with Gasteiger partial charge in [-0.2, -0.15) is 4.98 Å². The normalized spacial score (nSPS) is 15.7.